The van der Waals surface area contributed by atoms with Crippen molar-refractivity contribution in [2.75, 3.05) is 18.8 Å². The van der Waals surface area contributed by atoms with Gasteiger partial charge in [0, 0.05) is 13.1 Å². The molecule has 1 aliphatic carbocycles. The SMILES string of the molecule is CCCN(CC1CC1)S(=O)(=O)c1c(C)cc(F)c(N)c1C. The Morgan fingerprint density at radius 1 is 1.38 bits per heavy atom. The largest absolute Gasteiger partial charge is 0.396 e. The second-order valence-corrected chi connectivity index (χ2v) is 7.72. The third-order valence-corrected chi connectivity index (χ3v) is 6.09. The molecule has 2 rings (SSSR count). The van der Waals surface area contributed by atoms with Gasteiger partial charge in [0.1, 0.15) is 5.82 Å². The summed E-state index contributed by atoms with van der Waals surface area (Å²) >= 11 is 0. The number of aryl methyl sites for hydroxylation is 1. The van der Waals surface area contributed by atoms with E-state index < -0.39 is 15.8 Å². The van der Waals surface area contributed by atoms with E-state index >= 15 is 0 Å². The molecule has 0 heterocycles. The van der Waals surface area contributed by atoms with Crippen LogP contribution in [0.15, 0.2) is 11.0 Å². The van der Waals surface area contributed by atoms with Crippen LogP contribution < -0.4 is 5.73 Å². The molecular formula is C15H23FN2O2S. The van der Waals surface area contributed by atoms with Crippen LogP contribution >= 0.6 is 0 Å². The molecule has 1 fully saturated rings. The first-order valence-electron chi connectivity index (χ1n) is 7.34. The average Bonchev–Trinajstić information content (AvgIpc) is 3.19. The maximum Gasteiger partial charge on any atom is 0.243 e. The first-order valence-corrected chi connectivity index (χ1v) is 8.78. The van der Waals surface area contributed by atoms with Crippen LogP contribution in [-0.2, 0) is 10.0 Å². The number of hydrogen-bond acceptors (Lipinski definition) is 3. The van der Waals surface area contributed by atoms with Gasteiger partial charge in [-0.05, 0) is 56.2 Å². The van der Waals surface area contributed by atoms with Crippen molar-refractivity contribution < 1.29 is 12.8 Å². The number of sulfonamides is 1. The normalized spacial score (nSPS) is 15.7. The van der Waals surface area contributed by atoms with Gasteiger partial charge < -0.3 is 5.73 Å². The van der Waals surface area contributed by atoms with Gasteiger partial charge in [-0.2, -0.15) is 4.31 Å². The minimum Gasteiger partial charge on any atom is -0.396 e. The van der Waals surface area contributed by atoms with E-state index in [1.165, 1.54) is 10.4 Å². The van der Waals surface area contributed by atoms with E-state index in [1.807, 2.05) is 6.92 Å². The smallest absolute Gasteiger partial charge is 0.243 e. The van der Waals surface area contributed by atoms with Crippen molar-refractivity contribution in [1.29, 1.82) is 0 Å². The van der Waals surface area contributed by atoms with E-state index in [-0.39, 0.29) is 10.6 Å². The highest BCUT2D eigenvalue weighted by Crippen LogP contribution is 2.34. The van der Waals surface area contributed by atoms with Gasteiger partial charge >= 0.3 is 0 Å². The molecule has 2 N–H and O–H groups in total. The minimum absolute atomic E-state index is 0.0814. The number of nitrogens with zero attached hydrogens (tertiary/aromatic N) is 1. The van der Waals surface area contributed by atoms with Crippen LogP contribution in [0.2, 0.25) is 0 Å². The Bertz CT molecular complexity index is 640. The molecule has 6 heteroatoms. The summed E-state index contributed by atoms with van der Waals surface area (Å²) in [6.07, 6.45) is 2.92. The zero-order valence-electron chi connectivity index (χ0n) is 12.8. The van der Waals surface area contributed by atoms with Crippen molar-refractivity contribution in [2.45, 2.75) is 44.9 Å². The molecule has 0 unspecified atom stereocenters. The van der Waals surface area contributed by atoms with Gasteiger partial charge in [-0.15, -0.1) is 0 Å². The van der Waals surface area contributed by atoms with Crippen molar-refractivity contribution in [2.24, 2.45) is 5.92 Å². The predicted molar refractivity (Wildman–Crippen MR) is 82.1 cm³/mol. The quantitative estimate of drug-likeness (QED) is 0.821. The summed E-state index contributed by atoms with van der Waals surface area (Å²) in [5, 5.41) is 0. The summed E-state index contributed by atoms with van der Waals surface area (Å²) < 4.78 is 41.0. The first-order chi connectivity index (χ1) is 9.78. The van der Waals surface area contributed by atoms with Crippen molar-refractivity contribution in [3.8, 4) is 0 Å². The fraction of sp³-hybridized carbons (Fsp3) is 0.600. The second-order valence-electron chi connectivity index (χ2n) is 5.85. The molecule has 0 bridgehead atoms. The molecule has 0 atom stereocenters. The topological polar surface area (TPSA) is 63.4 Å². The fourth-order valence-electron chi connectivity index (χ4n) is 2.60. The molecule has 118 valence electrons. The van der Waals surface area contributed by atoms with Gasteiger partial charge in [-0.3, -0.25) is 0 Å². The summed E-state index contributed by atoms with van der Waals surface area (Å²) in [6, 6.07) is 1.20. The van der Waals surface area contributed by atoms with E-state index in [1.54, 1.807) is 13.8 Å². The number of benzene rings is 1. The fourth-order valence-corrected chi connectivity index (χ4v) is 4.65. The number of anilines is 1. The van der Waals surface area contributed by atoms with Gasteiger partial charge in [0.15, 0.2) is 0 Å². The van der Waals surface area contributed by atoms with Crippen LogP contribution in [0.1, 0.15) is 37.3 Å². The van der Waals surface area contributed by atoms with Crippen molar-refractivity contribution >= 4 is 15.7 Å². The zero-order valence-corrected chi connectivity index (χ0v) is 13.6. The lowest BCUT2D eigenvalue weighted by molar-refractivity contribution is 0.395. The Morgan fingerprint density at radius 3 is 2.52 bits per heavy atom. The number of nitrogens with two attached hydrogens (primary N) is 1. The lowest BCUT2D eigenvalue weighted by atomic mass is 10.1. The van der Waals surface area contributed by atoms with Gasteiger partial charge in [-0.1, -0.05) is 6.92 Å². The lowest BCUT2D eigenvalue weighted by Crippen LogP contribution is -2.34. The van der Waals surface area contributed by atoms with Crippen LogP contribution in [0.4, 0.5) is 10.1 Å². The highest BCUT2D eigenvalue weighted by atomic mass is 32.2. The van der Waals surface area contributed by atoms with E-state index in [4.69, 9.17) is 5.73 Å². The van der Waals surface area contributed by atoms with Crippen LogP contribution in [-0.4, -0.2) is 25.8 Å². The molecule has 0 aromatic heterocycles. The molecule has 0 radical (unpaired) electrons. The molecular weight excluding hydrogens is 291 g/mol. The van der Waals surface area contributed by atoms with Crippen LogP contribution in [0.25, 0.3) is 0 Å². The van der Waals surface area contributed by atoms with Crippen molar-refractivity contribution in [1.82, 2.24) is 4.31 Å². The Labute approximate surface area is 126 Å². The van der Waals surface area contributed by atoms with Gasteiger partial charge in [0.2, 0.25) is 10.0 Å². The van der Waals surface area contributed by atoms with E-state index in [0.717, 1.165) is 19.3 Å². The van der Waals surface area contributed by atoms with Gasteiger partial charge in [0.05, 0.1) is 10.6 Å². The minimum atomic E-state index is -3.63. The summed E-state index contributed by atoms with van der Waals surface area (Å²) in [5.74, 6) is -0.0992. The Kier molecular flexibility index (Phi) is 4.58. The Morgan fingerprint density at radius 2 is 2.00 bits per heavy atom. The maximum absolute atomic E-state index is 13.6. The van der Waals surface area contributed by atoms with Crippen LogP contribution in [0.3, 0.4) is 0 Å². The monoisotopic (exact) mass is 314 g/mol. The van der Waals surface area contributed by atoms with Crippen LogP contribution in [0.5, 0.6) is 0 Å². The van der Waals surface area contributed by atoms with Gasteiger partial charge in [-0.25, -0.2) is 12.8 Å². The van der Waals surface area contributed by atoms with Gasteiger partial charge in [0.25, 0.3) is 0 Å². The molecule has 0 amide bonds. The molecule has 0 spiro atoms. The summed E-state index contributed by atoms with van der Waals surface area (Å²) in [5.41, 5.74) is 6.32. The van der Waals surface area contributed by atoms with Crippen molar-refractivity contribution in [3.63, 3.8) is 0 Å². The molecule has 21 heavy (non-hydrogen) atoms. The van der Waals surface area contributed by atoms with E-state index in [2.05, 4.69) is 0 Å². The van der Waals surface area contributed by atoms with E-state index in [9.17, 15) is 12.8 Å². The molecule has 1 aromatic rings. The third-order valence-electron chi connectivity index (χ3n) is 3.93. The lowest BCUT2D eigenvalue weighted by Gasteiger charge is -2.24. The highest BCUT2D eigenvalue weighted by molar-refractivity contribution is 7.89. The molecule has 1 saturated carbocycles. The molecule has 0 saturated heterocycles. The molecule has 1 aliphatic rings. The molecule has 1 aromatic carbocycles. The molecule has 4 nitrogen and oxygen atoms in total. The third kappa shape index (κ3) is 3.21. The summed E-state index contributed by atoms with van der Waals surface area (Å²) in [7, 11) is -3.63. The zero-order chi connectivity index (χ0) is 15.8. The first kappa shape index (κ1) is 16.2. The maximum atomic E-state index is 13.6. The van der Waals surface area contributed by atoms with Crippen LogP contribution in [0, 0.1) is 25.6 Å². The highest BCUT2D eigenvalue weighted by Gasteiger charge is 2.33. The average molecular weight is 314 g/mol. The summed E-state index contributed by atoms with van der Waals surface area (Å²) in [6.45, 7) is 6.17. The number of rotatable bonds is 6. The Hall–Kier alpha value is -1.14. The predicted octanol–water partition coefficient (Wildman–Crippen LogP) is 2.84. The summed E-state index contributed by atoms with van der Waals surface area (Å²) in [4.78, 5) is 0.163. The van der Waals surface area contributed by atoms with Crippen molar-refractivity contribution in [3.05, 3.63) is 23.0 Å². The number of hydrogen-bond donors (Lipinski definition) is 1. The molecule has 0 aliphatic heterocycles. The number of halogens is 1. The number of nitrogen functional groups attached to an aromatic ring is 1. The Balaban J connectivity index is 2.48. The van der Waals surface area contributed by atoms with E-state index in [0.29, 0.717) is 30.1 Å². The second kappa shape index (κ2) is 5.93. The standard InChI is InChI=1S/C15H23FN2O2S/c1-4-7-18(9-12-5-6-12)21(19,20)15-10(2)8-13(16)14(17)11(15)3/h8,12H,4-7,9,17H2,1-3H3.